The van der Waals surface area contributed by atoms with Crippen LogP contribution in [0.2, 0.25) is 5.02 Å². The van der Waals surface area contributed by atoms with Gasteiger partial charge in [0.05, 0.1) is 16.4 Å². The minimum Gasteiger partial charge on any atom is -0.456 e. The van der Waals surface area contributed by atoms with Crippen LogP contribution in [0.15, 0.2) is 173 Å². The second kappa shape index (κ2) is 11.1. The molecular formula is C42H27ClN2O2. The first kappa shape index (κ1) is 27.3. The first-order valence-corrected chi connectivity index (χ1v) is 15.9. The van der Waals surface area contributed by atoms with Crippen molar-refractivity contribution >= 4 is 89.6 Å². The molecule has 2 aromatic heterocycles. The number of fused-ring (bicyclic) bond motifs is 6. The highest BCUT2D eigenvalue weighted by molar-refractivity contribution is 6.36. The van der Waals surface area contributed by atoms with Crippen molar-refractivity contribution < 1.29 is 8.83 Å². The molecule has 0 radical (unpaired) electrons. The number of rotatable bonds is 6. The first-order chi connectivity index (χ1) is 23.2. The summed E-state index contributed by atoms with van der Waals surface area (Å²) >= 11 is 7.53. The van der Waals surface area contributed by atoms with Crippen LogP contribution in [0, 0.1) is 0 Å². The van der Waals surface area contributed by atoms with Gasteiger partial charge in [0.25, 0.3) is 0 Å². The van der Waals surface area contributed by atoms with Crippen molar-refractivity contribution in [2.45, 2.75) is 0 Å². The van der Waals surface area contributed by atoms with Crippen LogP contribution in [0.1, 0.15) is 0 Å². The normalized spacial score (nSPS) is 11.5. The van der Waals surface area contributed by atoms with Gasteiger partial charge in [0, 0.05) is 56.4 Å². The van der Waals surface area contributed by atoms with Crippen LogP contribution in [0.25, 0.3) is 43.9 Å². The Balaban J connectivity index is 1.23. The highest BCUT2D eigenvalue weighted by Crippen LogP contribution is 2.47. The third-order valence-electron chi connectivity index (χ3n) is 8.71. The number of para-hydroxylation sites is 4. The molecule has 0 aliphatic rings. The van der Waals surface area contributed by atoms with E-state index in [1.54, 1.807) is 0 Å². The summed E-state index contributed by atoms with van der Waals surface area (Å²) in [4.78, 5) is 4.37. The van der Waals surface area contributed by atoms with Crippen LogP contribution >= 0.6 is 11.6 Å². The minimum absolute atomic E-state index is 0.606. The fourth-order valence-corrected chi connectivity index (χ4v) is 6.86. The van der Waals surface area contributed by atoms with E-state index in [1.165, 1.54) is 0 Å². The summed E-state index contributed by atoms with van der Waals surface area (Å²) in [5.74, 6) is 0. The number of nitrogens with zero attached hydrogens (tertiary/aromatic N) is 2. The monoisotopic (exact) mass is 626 g/mol. The SMILES string of the molecule is Clc1c(N(c2ccccc2)c2ccc3c(c2)oc2ccccc23)cccc1N(c1ccccc1)c1ccc2c(c1)oc1ccccc12. The molecule has 0 unspecified atom stereocenters. The Morgan fingerprint density at radius 2 is 0.745 bits per heavy atom. The highest BCUT2D eigenvalue weighted by Gasteiger charge is 2.23. The Kier molecular flexibility index (Phi) is 6.47. The third kappa shape index (κ3) is 4.61. The summed E-state index contributed by atoms with van der Waals surface area (Å²) in [6.45, 7) is 0. The van der Waals surface area contributed by atoms with Gasteiger partial charge in [0.1, 0.15) is 22.3 Å². The minimum atomic E-state index is 0.606. The Labute approximate surface area is 276 Å². The topological polar surface area (TPSA) is 32.8 Å². The lowest BCUT2D eigenvalue weighted by molar-refractivity contribution is 0.668. The summed E-state index contributed by atoms with van der Waals surface area (Å²) in [5.41, 5.74) is 8.91. The van der Waals surface area contributed by atoms with Crippen LogP contribution in [0.4, 0.5) is 34.1 Å². The van der Waals surface area contributed by atoms with Crippen LogP contribution in [-0.2, 0) is 0 Å². The van der Waals surface area contributed by atoms with Gasteiger partial charge in [-0.3, -0.25) is 0 Å². The van der Waals surface area contributed by atoms with Gasteiger partial charge in [0.2, 0.25) is 0 Å². The molecule has 0 spiro atoms. The predicted octanol–water partition coefficient (Wildman–Crippen LogP) is 13.1. The third-order valence-corrected chi connectivity index (χ3v) is 9.10. The molecular weight excluding hydrogens is 600 g/mol. The van der Waals surface area contributed by atoms with Gasteiger partial charge < -0.3 is 18.6 Å². The lowest BCUT2D eigenvalue weighted by Gasteiger charge is -2.30. The molecule has 0 bridgehead atoms. The fraction of sp³-hybridized carbons (Fsp3) is 0. The Morgan fingerprint density at radius 3 is 1.21 bits per heavy atom. The van der Waals surface area contributed by atoms with Gasteiger partial charge in [-0.1, -0.05) is 90.5 Å². The highest BCUT2D eigenvalue weighted by atomic mass is 35.5. The van der Waals surface area contributed by atoms with Crippen LogP contribution < -0.4 is 9.80 Å². The molecule has 47 heavy (non-hydrogen) atoms. The van der Waals surface area contributed by atoms with Crippen molar-refractivity contribution in [1.29, 1.82) is 0 Å². The molecule has 0 saturated heterocycles. The maximum absolute atomic E-state index is 7.53. The molecule has 5 heteroatoms. The van der Waals surface area contributed by atoms with Crippen molar-refractivity contribution in [3.63, 3.8) is 0 Å². The summed E-state index contributed by atoms with van der Waals surface area (Å²) in [6, 6.07) is 55.7. The molecule has 0 amide bonds. The summed E-state index contributed by atoms with van der Waals surface area (Å²) < 4.78 is 12.6. The maximum atomic E-state index is 7.53. The number of furan rings is 2. The van der Waals surface area contributed by atoms with Crippen LogP contribution in [0.5, 0.6) is 0 Å². The molecule has 0 aliphatic carbocycles. The van der Waals surface area contributed by atoms with E-state index >= 15 is 0 Å². The van der Waals surface area contributed by atoms with Crippen molar-refractivity contribution in [3.05, 3.63) is 169 Å². The Morgan fingerprint density at radius 1 is 0.340 bits per heavy atom. The van der Waals surface area contributed by atoms with E-state index in [-0.39, 0.29) is 0 Å². The molecule has 224 valence electrons. The fourth-order valence-electron chi connectivity index (χ4n) is 6.57. The van der Waals surface area contributed by atoms with Gasteiger partial charge in [-0.05, 0) is 72.8 Å². The van der Waals surface area contributed by atoms with E-state index in [9.17, 15) is 0 Å². The Hall–Kier alpha value is -5.97. The van der Waals surface area contributed by atoms with Gasteiger partial charge in [-0.15, -0.1) is 0 Å². The largest absolute Gasteiger partial charge is 0.456 e. The zero-order valence-electron chi connectivity index (χ0n) is 25.2. The average molecular weight is 627 g/mol. The summed E-state index contributed by atoms with van der Waals surface area (Å²) in [5, 5.41) is 4.96. The predicted molar refractivity (Wildman–Crippen MR) is 195 cm³/mol. The average Bonchev–Trinajstić information content (AvgIpc) is 3.68. The zero-order chi connectivity index (χ0) is 31.3. The second-order valence-corrected chi connectivity index (χ2v) is 11.9. The molecule has 0 saturated carbocycles. The van der Waals surface area contributed by atoms with Crippen molar-refractivity contribution in [1.82, 2.24) is 0 Å². The molecule has 0 fully saturated rings. The molecule has 0 atom stereocenters. The van der Waals surface area contributed by atoms with Crippen molar-refractivity contribution in [2.75, 3.05) is 9.80 Å². The maximum Gasteiger partial charge on any atom is 0.137 e. The molecule has 9 rings (SSSR count). The number of hydrogen-bond acceptors (Lipinski definition) is 4. The second-order valence-electron chi connectivity index (χ2n) is 11.5. The van der Waals surface area contributed by atoms with E-state index < -0.39 is 0 Å². The van der Waals surface area contributed by atoms with Gasteiger partial charge in [-0.2, -0.15) is 0 Å². The summed E-state index contributed by atoms with van der Waals surface area (Å²) in [7, 11) is 0. The van der Waals surface area contributed by atoms with E-state index in [0.29, 0.717) is 5.02 Å². The smallest absolute Gasteiger partial charge is 0.137 e. The van der Waals surface area contributed by atoms with E-state index in [2.05, 4.69) is 101 Å². The van der Waals surface area contributed by atoms with Gasteiger partial charge in [-0.25, -0.2) is 0 Å². The van der Waals surface area contributed by atoms with Crippen molar-refractivity contribution in [3.8, 4) is 0 Å². The molecule has 0 aliphatic heterocycles. The molecule has 2 heterocycles. The lowest BCUT2D eigenvalue weighted by Crippen LogP contribution is -2.14. The lowest BCUT2D eigenvalue weighted by atomic mass is 10.1. The molecule has 4 nitrogen and oxygen atoms in total. The van der Waals surface area contributed by atoms with Gasteiger partial charge >= 0.3 is 0 Å². The molecule has 0 N–H and O–H groups in total. The van der Waals surface area contributed by atoms with Crippen molar-refractivity contribution in [2.24, 2.45) is 0 Å². The van der Waals surface area contributed by atoms with Crippen LogP contribution in [-0.4, -0.2) is 0 Å². The van der Waals surface area contributed by atoms with Crippen LogP contribution in [0.3, 0.4) is 0 Å². The van der Waals surface area contributed by atoms with E-state index in [1.807, 2.05) is 72.8 Å². The van der Waals surface area contributed by atoms with Gasteiger partial charge in [0.15, 0.2) is 0 Å². The zero-order valence-corrected chi connectivity index (χ0v) is 25.9. The Bertz CT molecular complexity index is 2380. The molecule has 7 aromatic carbocycles. The first-order valence-electron chi connectivity index (χ1n) is 15.5. The number of halogens is 1. The quantitative estimate of drug-likeness (QED) is 0.184. The van der Waals surface area contributed by atoms with E-state index in [0.717, 1.165) is 78.0 Å². The number of hydrogen-bond donors (Lipinski definition) is 0. The number of anilines is 6. The molecule has 9 aromatic rings. The summed E-state index contributed by atoms with van der Waals surface area (Å²) in [6.07, 6.45) is 0. The number of benzene rings is 7. The van der Waals surface area contributed by atoms with E-state index in [4.69, 9.17) is 20.4 Å². The standard InChI is InChI=1S/C42H27ClN2O2/c43-42-36(44(28-12-3-1-4-13-28)30-22-24-34-32-16-7-9-20-38(32)46-40(34)26-30)18-11-19-37(42)45(29-14-5-2-6-15-29)31-23-25-35-33-17-8-10-21-39(33)47-41(35)27-31/h1-27H.